The second kappa shape index (κ2) is 6.05. The first kappa shape index (κ1) is 14.5. The molecule has 20 heavy (non-hydrogen) atoms. The van der Waals surface area contributed by atoms with Gasteiger partial charge in [0, 0.05) is 25.5 Å². The first-order chi connectivity index (χ1) is 9.49. The molecule has 2 rings (SSSR count). The summed E-state index contributed by atoms with van der Waals surface area (Å²) in [5.74, 6) is -1.03. The summed E-state index contributed by atoms with van der Waals surface area (Å²) in [4.78, 5) is 14.0. The van der Waals surface area contributed by atoms with Gasteiger partial charge in [-0.2, -0.15) is 0 Å². The number of anilines is 2. The molecule has 2 aromatic carbocycles. The van der Waals surface area contributed by atoms with Crippen molar-refractivity contribution in [3.63, 3.8) is 0 Å². The summed E-state index contributed by atoms with van der Waals surface area (Å²) in [6, 6.07) is 11.9. The molecule has 0 aliphatic rings. The van der Waals surface area contributed by atoms with Crippen LogP contribution in [-0.2, 0) is 0 Å². The van der Waals surface area contributed by atoms with Crippen molar-refractivity contribution in [1.29, 1.82) is 0 Å². The quantitative estimate of drug-likeness (QED) is 0.921. The number of hydrogen-bond donors (Lipinski definition) is 1. The lowest BCUT2D eigenvalue weighted by atomic mass is 10.2. The Balaban J connectivity index is 2.17. The third kappa shape index (κ3) is 3.17. The number of nitrogens with one attached hydrogen (secondary N) is 1. The maximum absolute atomic E-state index is 13.8. The van der Waals surface area contributed by atoms with E-state index in [0.29, 0.717) is 5.69 Å². The van der Waals surface area contributed by atoms with Gasteiger partial charge in [-0.15, -0.1) is 0 Å². The highest BCUT2D eigenvalue weighted by atomic mass is 79.9. The van der Waals surface area contributed by atoms with Gasteiger partial charge < -0.3 is 10.2 Å². The zero-order valence-corrected chi connectivity index (χ0v) is 12.7. The van der Waals surface area contributed by atoms with Gasteiger partial charge in [0.25, 0.3) is 5.91 Å². The van der Waals surface area contributed by atoms with E-state index in [-0.39, 0.29) is 10.0 Å². The van der Waals surface area contributed by atoms with Crippen molar-refractivity contribution in [3.8, 4) is 0 Å². The summed E-state index contributed by atoms with van der Waals surface area (Å²) in [5.41, 5.74) is 1.66. The zero-order chi connectivity index (χ0) is 14.7. The molecule has 0 spiro atoms. The molecule has 0 aromatic heterocycles. The van der Waals surface area contributed by atoms with Gasteiger partial charge in [-0.25, -0.2) is 4.39 Å². The lowest BCUT2D eigenvalue weighted by Crippen LogP contribution is -2.14. The van der Waals surface area contributed by atoms with Crippen LogP contribution in [0.3, 0.4) is 0 Å². The fourth-order valence-electron chi connectivity index (χ4n) is 1.72. The summed E-state index contributed by atoms with van der Waals surface area (Å²) in [6.45, 7) is 0. The third-order valence-electron chi connectivity index (χ3n) is 2.84. The fourth-order valence-corrected chi connectivity index (χ4v) is 2.09. The first-order valence-electron chi connectivity index (χ1n) is 6.02. The van der Waals surface area contributed by atoms with Gasteiger partial charge in [0.2, 0.25) is 0 Å². The molecular weight excluding hydrogens is 323 g/mol. The van der Waals surface area contributed by atoms with E-state index < -0.39 is 11.7 Å². The number of carbonyl (C=O) groups excluding carboxylic acids is 1. The Labute approximate surface area is 125 Å². The minimum atomic E-state index is -0.560. The molecule has 104 valence electrons. The van der Waals surface area contributed by atoms with Crippen LogP contribution in [0.5, 0.6) is 0 Å². The van der Waals surface area contributed by atoms with Gasteiger partial charge in [-0.3, -0.25) is 4.79 Å². The van der Waals surface area contributed by atoms with E-state index in [4.69, 9.17) is 0 Å². The second-order valence-electron chi connectivity index (χ2n) is 4.50. The highest BCUT2D eigenvalue weighted by Crippen LogP contribution is 2.20. The van der Waals surface area contributed by atoms with Crippen LogP contribution >= 0.6 is 15.9 Å². The van der Waals surface area contributed by atoms with Crippen LogP contribution in [0.1, 0.15) is 10.4 Å². The van der Waals surface area contributed by atoms with E-state index in [1.54, 1.807) is 24.3 Å². The minimum Gasteiger partial charge on any atom is -0.378 e. The van der Waals surface area contributed by atoms with E-state index in [1.807, 2.05) is 31.1 Å². The summed E-state index contributed by atoms with van der Waals surface area (Å²) in [7, 11) is 3.87. The van der Waals surface area contributed by atoms with Crippen molar-refractivity contribution < 1.29 is 9.18 Å². The topological polar surface area (TPSA) is 32.3 Å². The van der Waals surface area contributed by atoms with Crippen LogP contribution in [0.2, 0.25) is 0 Å². The normalized spacial score (nSPS) is 10.2. The molecule has 0 saturated carbocycles. The van der Waals surface area contributed by atoms with Crippen LogP contribution in [0.25, 0.3) is 0 Å². The first-order valence-corrected chi connectivity index (χ1v) is 6.81. The summed E-state index contributed by atoms with van der Waals surface area (Å²) < 4.78 is 14.1. The molecular formula is C15H14BrFN2O. The Morgan fingerprint density at radius 1 is 1.15 bits per heavy atom. The highest BCUT2D eigenvalue weighted by Gasteiger charge is 2.13. The van der Waals surface area contributed by atoms with Crippen molar-refractivity contribution in [2.75, 3.05) is 24.3 Å². The monoisotopic (exact) mass is 336 g/mol. The predicted octanol–water partition coefficient (Wildman–Crippen LogP) is 3.91. The Morgan fingerprint density at radius 3 is 2.40 bits per heavy atom. The molecule has 0 bridgehead atoms. The molecule has 0 heterocycles. The lowest BCUT2D eigenvalue weighted by Gasteiger charge is -2.13. The van der Waals surface area contributed by atoms with Gasteiger partial charge in [0.05, 0.1) is 10.0 Å². The molecule has 2 aromatic rings. The number of carbonyl (C=O) groups is 1. The smallest absolute Gasteiger partial charge is 0.258 e. The molecule has 0 aliphatic carbocycles. The van der Waals surface area contributed by atoms with Crippen LogP contribution < -0.4 is 10.2 Å². The van der Waals surface area contributed by atoms with E-state index in [2.05, 4.69) is 21.2 Å². The molecule has 1 N–H and O–H groups in total. The molecule has 0 aliphatic heterocycles. The predicted molar refractivity (Wildman–Crippen MR) is 82.8 cm³/mol. The van der Waals surface area contributed by atoms with Crippen molar-refractivity contribution in [1.82, 2.24) is 0 Å². The minimum absolute atomic E-state index is 0.0102. The van der Waals surface area contributed by atoms with Crippen molar-refractivity contribution in [3.05, 3.63) is 58.3 Å². The SMILES string of the molecule is CN(C)c1ccc(NC(=O)c2cccc(Br)c2F)cc1. The van der Waals surface area contributed by atoms with Crippen molar-refractivity contribution >= 4 is 33.2 Å². The molecule has 0 radical (unpaired) electrons. The van der Waals surface area contributed by atoms with Crippen molar-refractivity contribution in [2.45, 2.75) is 0 Å². The largest absolute Gasteiger partial charge is 0.378 e. The third-order valence-corrected chi connectivity index (χ3v) is 3.45. The molecule has 3 nitrogen and oxygen atoms in total. The van der Waals surface area contributed by atoms with E-state index in [0.717, 1.165) is 5.69 Å². The van der Waals surface area contributed by atoms with Crippen LogP contribution in [-0.4, -0.2) is 20.0 Å². The van der Waals surface area contributed by atoms with Crippen LogP contribution in [0.4, 0.5) is 15.8 Å². The second-order valence-corrected chi connectivity index (χ2v) is 5.35. The highest BCUT2D eigenvalue weighted by molar-refractivity contribution is 9.10. The van der Waals surface area contributed by atoms with E-state index >= 15 is 0 Å². The summed E-state index contributed by atoms with van der Waals surface area (Å²) >= 11 is 3.06. The molecule has 1 amide bonds. The number of hydrogen-bond acceptors (Lipinski definition) is 2. The fraction of sp³-hybridized carbons (Fsp3) is 0.133. The summed E-state index contributed by atoms with van der Waals surface area (Å²) in [6.07, 6.45) is 0. The van der Waals surface area contributed by atoms with Gasteiger partial charge >= 0.3 is 0 Å². The Bertz CT molecular complexity index is 626. The molecule has 5 heteroatoms. The van der Waals surface area contributed by atoms with E-state index in [9.17, 15) is 9.18 Å². The van der Waals surface area contributed by atoms with Gasteiger partial charge in [-0.05, 0) is 52.3 Å². The average Bonchev–Trinajstić information content (AvgIpc) is 2.42. The number of halogens is 2. The maximum Gasteiger partial charge on any atom is 0.258 e. The molecule has 0 saturated heterocycles. The van der Waals surface area contributed by atoms with Crippen LogP contribution in [0, 0.1) is 5.82 Å². The zero-order valence-electron chi connectivity index (χ0n) is 11.2. The van der Waals surface area contributed by atoms with Gasteiger partial charge in [0.15, 0.2) is 0 Å². The van der Waals surface area contributed by atoms with Gasteiger partial charge in [0.1, 0.15) is 5.82 Å². The van der Waals surface area contributed by atoms with Gasteiger partial charge in [-0.1, -0.05) is 6.07 Å². The Hall–Kier alpha value is -1.88. The summed E-state index contributed by atoms with van der Waals surface area (Å²) in [5, 5.41) is 2.67. The molecule has 0 atom stereocenters. The van der Waals surface area contributed by atoms with Crippen molar-refractivity contribution in [2.24, 2.45) is 0 Å². The maximum atomic E-state index is 13.8. The standard InChI is InChI=1S/C15H14BrFN2O/c1-19(2)11-8-6-10(7-9-11)18-15(20)12-4-3-5-13(16)14(12)17/h3-9H,1-2H3,(H,18,20). The number of rotatable bonds is 3. The Kier molecular flexibility index (Phi) is 4.39. The Morgan fingerprint density at radius 2 is 1.80 bits per heavy atom. The lowest BCUT2D eigenvalue weighted by molar-refractivity contribution is 0.102. The molecule has 0 fully saturated rings. The van der Waals surface area contributed by atoms with E-state index in [1.165, 1.54) is 6.07 Å². The number of benzene rings is 2. The van der Waals surface area contributed by atoms with Crippen LogP contribution in [0.15, 0.2) is 46.9 Å². The average molecular weight is 337 g/mol. The molecule has 0 unspecified atom stereocenters. The number of amides is 1. The number of nitrogens with zero attached hydrogens (tertiary/aromatic N) is 1.